The fourth-order valence-corrected chi connectivity index (χ4v) is 4.19. The van der Waals surface area contributed by atoms with Crippen LogP contribution in [-0.4, -0.2) is 54.4 Å². The third-order valence-electron chi connectivity index (χ3n) is 4.79. The van der Waals surface area contributed by atoms with Crippen molar-refractivity contribution in [2.45, 2.75) is 13.0 Å². The van der Waals surface area contributed by atoms with Gasteiger partial charge in [0.25, 0.3) is 0 Å². The van der Waals surface area contributed by atoms with Crippen molar-refractivity contribution in [3.05, 3.63) is 46.2 Å². The van der Waals surface area contributed by atoms with Gasteiger partial charge in [-0.3, -0.25) is 4.90 Å². The summed E-state index contributed by atoms with van der Waals surface area (Å²) in [6.45, 7) is 6.24. The lowest BCUT2D eigenvalue weighted by Crippen LogP contribution is -2.51. The third kappa shape index (κ3) is 4.28. The minimum absolute atomic E-state index is 0.307. The van der Waals surface area contributed by atoms with Crippen molar-refractivity contribution < 1.29 is 9.47 Å². The van der Waals surface area contributed by atoms with Crippen LogP contribution in [-0.2, 0) is 13.0 Å². The number of nitrogens with one attached hydrogen (secondary N) is 1. The molecule has 4 rings (SSSR count). The van der Waals surface area contributed by atoms with E-state index in [0.29, 0.717) is 13.3 Å². The highest BCUT2D eigenvalue weighted by Crippen LogP contribution is 2.32. The van der Waals surface area contributed by atoms with Gasteiger partial charge in [0.05, 0.1) is 0 Å². The number of benzene rings is 1. The molecule has 3 heterocycles. The molecule has 2 aromatic rings. The normalized spacial score (nSPS) is 16.7. The van der Waals surface area contributed by atoms with Crippen LogP contribution in [0.5, 0.6) is 11.5 Å². The van der Waals surface area contributed by atoms with Crippen LogP contribution in [0.2, 0.25) is 0 Å². The molecule has 0 bridgehead atoms. The van der Waals surface area contributed by atoms with Crippen molar-refractivity contribution in [1.82, 2.24) is 15.1 Å². The highest BCUT2D eigenvalue weighted by atomic mass is 32.1. The standard InChI is InChI=1S/C19H23N3O2S2/c25-19(20-13-15-3-4-17-18(12-15)24-14-23-17)22-9-7-21(8-10-22)6-5-16-2-1-11-26-16/h1-4,11-12H,5-10,13-14H2,(H,20,25). The molecule has 26 heavy (non-hydrogen) atoms. The Hall–Kier alpha value is -1.83. The Labute approximate surface area is 163 Å². The topological polar surface area (TPSA) is 37.0 Å². The minimum Gasteiger partial charge on any atom is -0.454 e. The van der Waals surface area contributed by atoms with Gasteiger partial charge >= 0.3 is 0 Å². The molecule has 1 fully saturated rings. The zero-order valence-electron chi connectivity index (χ0n) is 14.6. The van der Waals surface area contributed by atoms with Crippen LogP contribution in [0.3, 0.4) is 0 Å². The molecule has 0 atom stereocenters. The van der Waals surface area contributed by atoms with E-state index in [1.807, 2.05) is 29.5 Å². The van der Waals surface area contributed by atoms with Gasteiger partial charge in [0.1, 0.15) is 0 Å². The van der Waals surface area contributed by atoms with Gasteiger partial charge in [-0.15, -0.1) is 11.3 Å². The zero-order valence-corrected chi connectivity index (χ0v) is 16.3. The van der Waals surface area contributed by atoms with E-state index in [0.717, 1.165) is 61.3 Å². The molecule has 0 aliphatic carbocycles. The van der Waals surface area contributed by atoms with E-state index in [2.05, 4.69) is 32.6 Å². The van der Waals surface area contributed by atoms with Crippen LogP contribution in [0, 0.1) is 0 Å². The molecular weight excluding hydrogens is 366 g/mol. The number of thiocarbonyl (C=S) groups is 1. The number of hydrogen-bond acceptors (Lipinski definition) is 5. The summed E-state index contributed by atoms with van der Waals surface area (Å²) in [4.78, 5) is 6.26. The molecule has 0 spiro atoms. The summed E-state index contributed by atoms with van der Waals surface area (Å²) < 4.78 is 10.8. The fourth-order valence-electron chi connectivity index (χ4n) is 3.24. The number of piperazine rings is 1. The number of nitrogens with zero attached hydrogens (tertiary/aromatic N) is 2. The average molecular weight is 390 g/mol. The molecule has 5 nitrogen and oxygen atoms in total. The van der Waals surface area contributed by atoms with Crippen molar-refractivity contribution in [1.29, 1.82) is 0 Å². The Balaban J connectivity index is 1.20. The second-order valence-corrected chi connectivity index (χ2v) is 7.92. The Morgan fingerprint density at radius 1 is 1.12 bits per heavy atom. The van der Waals surface area contributed by atoms with E-state index in [1.54, 1.807) is 0 Å². The summed E-state index contributed by atoms with van der Waals surface area (Å²) >= 11 is 7.43. The maximum Gasteiger partial charge on any atom is 0.231 e. The zero-order chi connectivity index (χ0) is 17.8. The molecule has 0 amide bonds. The van der Waals surface area contributed by atoms with Crippen LogP contribution < -0.4 is 14.8 Å². The van der Waals surface area contributed by atoms with Crippen LogP contribution in [0.25, 0.3) is 0 Å². The lowest BCUT2D eigenvalue weighted by molar-refractivity contribution is 0.174. The number of thiophene rings is 1. The number of rotatable bonds is 5. The van der Waals surface area contributed by atoms with Crippen LogP contribution in [0.15, 0.2) is 35.7 Å². The van der Waals surface area contributed by atoms with E-state index < -0.39 is 0 Å². The number of fused-ring (bicyclic) bond motifs is 1. The third-order valence-corrected chi connectivity index (χ3v) is 6.13. The van der Waals surface area contributed by atoms with Crippen molar-refractivity contribution in [2.75, 3.05) is 39.5 Å². The van der Waals surface area contributed by atoms with Gasteiger partial charge in [-0.2, -0.15) is 0 Å². The smallest absolute Gasteiger partial charge is 0.231 e. The van der Waals surface area contributed by atoms with Gasteiger partial charge in [-0.25, -0.2) is 0 Å². The quantitative estimate of drug-likeness (QED) is 0.793. The molecule has 1 aromatic heterocycles. The van der Waals surface area contributed by atoms with Crippen molar-refractivity contribution in [3.63, 3.8) is 0 Å². The SMILES string of the molecule is S=C(NCc1ccc2c(c1)OCO2)N1CCN(CCc2cccs2)CC1. The Morgan fingerprint density at radius 2 is 1.96 bits per heavy atom. The van der Waals surface area contributed by atoms with Crippen LogP contribution in [0.1, 0.15) is 10.4 Å². The predicted octanol–water partition coefficient (Wildman–Crippen LogP) is 2.71. The lowest BCUT2D eigenvalue weighted by atomic mass is 10.2. The summed E-state index contributed by atoms with van der Waals surface area (Å²) in [6.07, 6.45) is 1.14. The van der Waals surface area contributed by atoms with E-state index in [-0.39, 0.29) is 0 Å². The molecule has 1 saturated heterocycles. The van der Waals surface area contributed by atoms with Gasteiger partial charge in [-0.1, -0.05) is 12.1 Å². The van der Waals surface area contributed by atoms with E-state index in [1.165, 1.54) is 4.88 Å². The second kappa shape index (κ2) is 8.24. The van der Waals surface area contributed by atoms with E-state index >= 15 is 0 Å². The second-order valence-electron chi connectivity index (χ2n) is 6.50. The first kappa shape index (κ1) is 17.6. The fraction of sp³-hybridized carbons (Fsp3) is 0.421. The summed E-state index contributed by atoms with van der Waals surface area (Å²) in [5, 5.41) is 6.36. The maximum atomic E-state index is 5.58. The van der Waals surface area contributed by atoms with Gasteiger partial charge in [0.15, 0.2) is 16.6 Å². The summed E-state index contributed by atoms with van der Waals surface area (Å²) in [5.41, 5.74) is 1.14. The van der Waals surface area contributed by atoms with Crippen LogP contribution >= 0.6 is 23.6 Å². The molecule has 1 N–H and O–H groups in total. The molecular formula is C19H23N3O2S2. The largest absolute Gasteiger partial charge is 0.454 e. The number of hydrogen-bond donors (Lipinski definition) is 1. The van der Waals surface area contributed by atoms with Crippen molar-refractivity contribution in [2.24, 2.45) is 0 Å². The molecule has 138 valence electrons. The Bertz CT molecular complexity index is 743. The van der Waals surface area contributed by atoms with Crippen molar-refractivity contribution in [3.8, 4) is 11.5 Å². The highest BCUT2D eigenvalue weighted by Gasteiger charge is 2.19. The Morgan fingerprint density at radius 3 is 2.77 bits per heavy atom. The van der Waals surface area contributed by atoms with Gasteiger partial charge in [0.2, 0.25) is 6.79 Å². The molecule has 0 unspecified atom stereocenters. The van der Waals surface area contributed by atoms with E-state index in [9.17, 15) is 0 Å². The molecule has 2 aliphatic rings. The monoisotopic (exact) mass is 389 g/mol. The molecule has 0 radical (unpaired) electrons. The minimum atomic E-state index is 0.307. The Kier molecular flexibility index (Phi) is 5.57. The van der Waals surface area contributed by atoms with Crippen LogP contribution in [0.4, 0.5) is 0 Å². The van der Waals surface area contributed by atoms with Gasteiger partial charge in [-0.05, 0) is 47.8 Å². The number of ether oxygens (including phenoxy) is 2. The van der Waals surface area contributed by atoms with Crippen molar-refractivity contribution >= 4 is 28.7 Å². The summed E-state index contributed by atoms with van der Waals surface area (Å²) in [6, 6.07) is 10.4. The first-order chi connectivity index (χ1) is 12.8. The summed E-state index contributed by atoms with van der Waals surface area (Å²) in [7, 11) is 0. The van der Waals surface area contributed by atoms with Gasteiger partial charge in [0, 0.05) is 44.1 Å². The van der Waals surface area contributed by atoms with E-state index in [4.69, 9.17) is 21.7 Å². The molecule has 7 heteroatoms. The average Bonchev–Trinajstić information content (AvgIpc) is 3.36. The first-order valence-electron chi connectivity index (χ1n) is 8.94. The lowest BCUT2D eigenvalue weighted by Gasteiger charge is -2.36. The predicted molar refractivity (Wildman–Crippen MR) is 108 cm³/mol. The first-order valence-corrected chi connectivity index (χ1v) is 10.2. The maximum absolute atomic E-state index is 5.58. The summed E-state index contributed by atoms with van der Waals surface area (Å²) in [5.74, 6) is 1.63. The molecule has 1 aromatic carbocycles. The molecule has 0 saturated carbocycles. The van der Waals surface area contributed by atoms with Gasteiger partial charge < -0.3 is 19.7 Å². The highest BCUT2D eigenvalue weighted by molar-refractivity contribution is 7.80. The molecule has 2 aliphatic heterocycles.